The Morgan fingerprint density at radius 2 is 2.00 bits per heavy atom. The summed E-state index contributed by atoms with van der Waals surface area (Å²) < 4.78 is 3.92. The molecule has 1 rings (SSSR count). The van der Waals surface area contributed by atoms with Gasteiger partial charge in [-0.15, -0.1) is 5.10 Å². The number of aromatic nitrogens is 2. The number of nitrogens with zero attached hydrogens (tertiary/aromatic N) is 2. The van der Waals surface area contributed by atoms with Crippen LogP contribution in [0.2, 0.25) is 0 Å². The lowest BCUT2D eigenvalue weighted by atomic mass is 9.90. The highest BCUT2D eigenvalue weighted by atomic mass is 32.1. The molecule has 0 saturated heterocycles. The van der Waals surface area contributed by atoms with Crippen molar-refractivity contribution in [2.45, 2.75) is 39.2 Å². The summed E-state index contributed by atoms with van der Waals surface area (Å²) in [5.74, 6) is 0. The predicted molar refractivity (Wildman–Crippen MR) is 51.2 cm³/mol. The van der Waals surface area contributed by atoms with Gasteiger partial charge in [-0.2, -0.15) is 0 Å². The maximum absolute atomic E-state index is 5.79. The lowest BCUT2D eigenvalue weighted by molar-refractivity contribution is 0.554. The largest absolute Gasteiger partial charge is 0.323 e. The Balaban J connectivity index is 3.08. The summed E-state index contributed by atoms with van der Waals surface area (Å²) in [4.78, 5) is 1.10. The molecule has 0 bridgehead atoms. The van der Waals surface area contributed by atoms with Crippen LogP contribution in [0, 0.1) is 0 Å². The van der Waals surface area contributed by atoms with Gasteiger partial charge in [-0.05, 0) is 18.5 Å². The van der Waals surface area contributed by atoms with Gasteiger partial charge >= 0.3 is 0 Å². The Kier molecular flexibility index (Phi) is 2.49. The van der Waals surface area contributed by atoms with E-state index < -0.39 is 0 Å². The summed E-state index contributed by atoms with van der Waals surface area (Å²) in [6, 6.07) is 0.0409. The second kappa shape index (κ2) is 3.11. The van der Waals surface area contributed by atoms with Gasteiger partial charge in [-0.3, -0.25) is 0 Å². The standard InChI is InChI=1S/C8H15N3S/c1-5(9)6-7(8(2,3)4)10-11-12-6/h5H,9H2,1-4H3. The van der Waals surface area contributed by atoms with E-state index in [-0.39, 0.29) is 11.5 Å². The van der Waals surface area contributed by atoms with Crippen LogP contribution in [0.3, 0.4) is 0 Å². The van der Waals surface area contributed by atoms with E-state index in [1.165, 1.54) is 11.5 Å². The van der Waals surface area contributed by atoms with Crippen molar-refractivity contribution in [3.63, 3.8) is 0 Å². The fourth-order valence-electron chi connectivity index (χ4n) is 1.02. The first-order valence-corrected chi connectivity index (χ1v) is 4.78. The van der Waals surface area contributed by atoms with E-state index in [1.807, 2.05) is 6.92 Å². The molecule has 68 valence electrons. The lowest BCUT2D eigenvalue weighted by Crippen LogP contribution is -2.17. The summed E-state index contributed by atoms with van der Waals surface area (Å²) >= 11 is 1.40. The quantitative estimate of drug-likeness (QED) is 0.726. The van der Waals surface area contributed by atoms with Gasteiger partial charge in [0.1, 0.15) is 0 Å². The summed E-state index contributed by atoms with van der Waals surface area (Å²) in [5, 5.41) is 4.10. The molecule has 0 fully saturated rings. The molecule has 1 atom stereocenters. The van der Waals surface area contributed by atoms with Crippen LogP contribution in [0.4, 0.5) is 0 Å². The molecule has 1 aromatic rings. The van der Waals surface area contributed by atoms with Crippen LogP contribution in [0.1, 0.15) is 44.3 Å². The molecule has 0 amide bonds. The average molecular weight is 185 g/mol. The molecule has 1 heterocycles. The maximum atomic E-state index is 5.79. The zero-order valence-corrected chi connectivity index (χ0v) is 8.77. The van der Waals surface area contributed by atoms with Crippen molar-refractivity contribution >= 4 is 11.5 Å². The first-order chi connectivity index (χ1) is 5.43. The van der Waals surface area contributed by atoms with Gasteiger partial charge in [-0.25, -0.2) is 0 Å². The third-order valence-corrected chi connectivity index (χ3v) is 2.56. The second-order valence-corrected chi connectivity index (χ2v) is 4.81. The summed E-state index contributed by atoms with van der Waals surface area (Å²) in [7, 11) is 0. The molecule has 1 unspecified atom stereocenters. The minimum absolute atomic E-state index is 0.0409. The van der Waals surface area contributed by atoms with E-state index in [1.54, 1.807) is 0 Å². The summed E-state index contributed by atoms with van der Waals surface area (Å²) in [6.07, 6.45) is 0. The van der Waals surface area contributed by atoms with E-state index >= 15 is 0 Å². The second-order valence-electron chi connectivity index (χ2n) is 4.02. The highest BCUT2D eigenvalue weighted by molar-refractivity contribution is 7.05. The smallest absolute Gasteiger partial charge is 0.0856 e. The predicted octanol–water partition coefficient (Wildman–Crippen LogP) is 1.86. The van der Waals surface area contributed by atoms with Crippen molar-refractivity contribution in [2.24, 2.45) is 5.73 Å². The summed E-state index contributed by atoms with van der Waals surface area (Å²) in [6.45, 7) is 8.32. The first kappa shape index (κ1) is 9.61. The average Bonchev–Trinajstić information content (AvgIpc) is 2.30. The van der Waals surface area contributed by atoms with E-state index in [9.17, 15) is 0 Å². The number of rotatable bonds is 1. The topological polar surface area (TPSA) is 51.8 Å². The van der Waals surface area contributed by atoms with Gasteiger partial charge in [-0.1, -0.05) is 25.3 Å². The van der Waals surface area contributed by atoms with Gasteiger partial charge in [0.2, 0.25) is 0 Å². The van der Waals surface area contributed by atoms with Crippen LogP contribution in [-0.2, 0) is 5.41 Å². The van der Waals surface area contributed by atoms with Crippen LogP contribution in [0.25, 0.3) is 0 Å². The van der Waals surface area contributed by atoms with Gasteiger partial charge in [0.25, 0.3) is 0 Å². The molecule has 0 aromatic carbocycles. The third-order valence-electron chi connectivity index (χ3n) is 1.64. The molecule has 2 N–H and O–H groups in total. The minimum atomic E-state index is 0.0409. The zero-order valence-electron chi connectivity index (χ0n) is 7.96. The van der Waals surface area contributed by atoms with Crippen molar-refractivity contribution in [3.8, 4) is 0 Å². The fraction of sp³-hybridized carbons (Fsp3) is 0.750. The van der Waals surface area contributed by atoms with Gasteiger partial charge in [0.15, 0.2) is 0 Å². The van der Waals surface area contributed by atoms with Crippen LogP contribution in [0.5, 0.6) is 0 Å². The monoisotopic (exact) mass is 185 g/mol. The van der Waals surface area contributed by atoms with Crippen molar-refractivity contribution < 1.29 is 0 Å². The SMILES string of the molecule is CC(N)c1snnc1C(C)(C)C. The zero-order chi connectivity index (χ0) is 9.35. The molecule has 0 aliphatic heterocycles. The fourth-order valence-corrected chi connectivity index (χ4v) is 1.83. The van der Waals surface area contributed by atoms with Crippen molar-refractivity contribution in [1.82, 2.24) is 9.59 Å². The lowest BCUT2D eigenvalue weighted by Gasteiger charge is -2.17. The van der Waals surface area contributed by atoms with Crippen LogP contribution >= 0.6 is 11.5 Å². The van der Waals surface area contributed by atoms with Crippen molar-refractivity contribution in [3.05, 3.63) is 10.6 Å². The van der Waals surface area contributed by atoms with Gasteiger partial charge in [0, 0.05) is 11.5 Å². The molecule has 1 aromatic heterocycles. The molecule has 12 heavy (non-hydrogen) atoms. The molecule has 3 nitrogen and oxygen atoms in total. The number of hydrogen-bond donors (Lipinski definition) is 1. The highest BCUT2D eigenvalue weighted by Crippen LogP contribution is 2.28. The normalized spacial score (nSPS) is 14.8. The number of hydrogen-bond acceptors (Lipinski definition) is 4. The van der Waals surface area contributed by atoms with E-state index in [0.717, 1.165) is 10.6 Å². The van der Waals surface area contributed by atoms with Crippen molar-refractivity contribution in [1.29, 1.82) is 0 Å². The van der Waals surface area contributed by atoms with Crippen LogP contribution < -0.4 is 5.73 Å². The minimum Gasteiger partial charge on any atom is -0.323 e. The summed E-state index contributed by atoms with van der Waals surface area (Å²) in [5.41, 5.74) is 6.87. The molecule has 0 saturated carbocycles. The van der Waals surface area contributed by atoms with E-state index in [2.05, 4.69) is 30.4 Å². The van der Waals surface area contributed by atoms with E-state index in [0.29, 0.717) is 0 Å². The van der Waals surface area contributed by atoms with Gasteiger partial charge in [0.05, 0.1) is 10.6 Å². The first-order valence-electron chi connectivity index (χ1n) is 4.01. The van der Waals surface area contributed by atoms with Gasteiger partial charge < -0.3 is 5.73 Å². The molecule has 0 spiro atoms. The molecule has 4 heteroatoms. The molecular formula is C8H15N3S. The van der Waals surface area contributed by atoms with Crippen LogP contribution in [-0.4, -0.2) is 9.59 Å². The van der Waals surface area contributed by atoms with E-state index in [4.69, 9.17) is 5.73 Å². The Morgan fingerprint density at radius 3 is 2.33 bits per heavy atom. The Hall–Kier alpha value is -0.480. The molecule has 0 radical (unpaired) electrons. The Morgan fingerprint density at radius 1 is 1.42 bits per heavy atom. The van der Waals surface area contributed by atoms with Crippen molar-refractivity contribution in [2.75, 3.05) is 0 Å². The van der Waals surface area contributed by atoms with Crippen LogP contribution in [0.15, 0.2) is 0 Å². The molecular weight excluding hydrogens is 170 g/mol. The highest BCUT2D eigenvalue weighted by Gasteiger charge is 2.23. The maximum Gasteiger partial charge on any atom is 0.0856 e. The number of nitrogens with two attached hydrogens (primary N) is 1. The Labute approximate surface area is 77.2 Å². The Bertz CT molecular complexity index is 260. The molecule has 0 aliphatic carbocycles. The third kappa shape index (κ3) is 1.81. The molecule has 0 aliphatic rings.